The number of carbonyl (C=O) groups is 1. The Hall–Kier alpha value is -1.29. The van der Waals surface area contributed by atoms with Gasteiger partial charge in [-0.25, -0.2) is 0 Å². The predicted octanol–water partition coefficient (Wildman–Crippen LogP) is 1.99. The van der Waals surface area contributed by atoms with Crippen LogP contribution in [0.2, 0.25) is 0 Å². The van der Waals surface area contributed by atoms with Crippen LogP contribution >= 0.6 is 0 Å². The first kappa shape index (κ1) is 11.8. The van der Waals surface area contributed by atoms with Crippen molar-refractivity contribution >= 4 is 5.97 Å². The number of carboxylic acid groups (broad SMARTS) is 1. The number of aliphatic carboxylic acids is 1. The second kappa shape index (κ2) is 4.98. The molecule has 1 N–H and O–H groups in total. The quantitative estimate of drug-likeness (QED) is 0.809. The standard InChI is InChI=1S/C11H17NO3/c1-8(11(13)14)6-12(3)9(2)10-4-5-15-7-10/h4-5,7-9H,6H2,1-3H3,(H,13,14). The van der Waals surface area contributed by atoms with Gasteiger partial charge in [0, 0.05) is 18.2 Å². The zero-order valence-corrected chi connectivity index (χ0v) is 9.30. The molecule has 0 aliphatic carbocycles. The van der Waals surface area contributed by atoms with E-state index in [2.05, 4.69) is 0 Å². The van der Waals surface area contributed by atoms with Crippen LogP contribution in [0.5, 0.6) is 0 Å². The Balaban J connectivity index is 2.54. The van der Waals surface area contributed by atoms with E-state index in [4.69, 9.17) is 9.52 Å². The fourth-order valence-electron chi connectivity index (χ4n) is 1.44. The molecule has 0 saturated carbocycles. The summed E-state index contributed by atoms with van der Waals surface area (Å²) in [5.41, 5.74) is 1.06. The molecular formula is C11H17NO3. The number of rotatable bonds is 5. The molecule has 2 unspecified atom stereocenters. The molecule has 84 valence electrons. The minimum absolute atomic E-state index is 0.172. The smallest absolute Gasteiger partial charge is 0.307 e. The van der Waals surface area contributed by atoms with E-state index in [1.807, 2.05) is 24.9 Å². The van der Waals surface area contributed by atoms with Crippen molar-refractivity contribution in [2.45, 2.75) is 19.9 Å². The zero-order chi connectivity index (χ0) is 11.4. The Morgan fingerprint density at radius 1 is 1.60 bits per heavy atom. The number of nitrogens with zero attached hydrogens (tertiary/aromatic N) is 1. The Kier molecular flexibility index (Phi) is 3.91. The second-order valence-corrected chi connectivity index (χ2v) is 3.91. The molecular weight excluding hydrogens is 194 g/mol. The molecule has 0 bridgehead atoms. The topological polar surface area (TPSA) is 53.7 Å². The van der Waals surface area contributed by atoms with E-state index in [0.717, 1.165) is 5.56 Å². The zero-order valence-electron chi connectivity index (χ0n) is 9.30. The normalized spacial score (nSPS) is 15.2. The number of hydrogen-bond acceptors (Lipinski definition) is 3. The largest absolute Gasteiger partial charge is 0.481 e. The Bertz CT molecular complexity index is 308. The predicted molar refractivity (Wildman–Crippen MR) is 56.6 cm³/mol. The van der Waals surface area contributed by atoms with Crippen LogP contribution < -0.4 is 0 Å². The van der Waals surface area contributed by atoms with Gasteiger partial charge < -0.3 is 9.52 Å². The highest BCUT2D eigenvalue weighted by atomic mass is 16.4. The lowest BCUT2D eigenvalue weighted by molar-refractivity contribution is -0.141. The average Bonchev–Trinajstić information content (AvgIpc) is 2.68. The molecule has 0 aliphatic heterocycles. The van der Waals surface area contributed by atoms with Crippen LogP contribution in [-0.2, 0) is 4.79 Å². The molecule has 0 amide bonds. The molecule has 0 fully saturated rings. The SMILES string of the molecule is CC(CN(C)C(C)c1ccoc1)C(=O)O. The second-order valence-electron chi connectivity index (χ2n) is 3.91. The van der Waals surface area contributed by atoms with Gasteiger partial charge in [0.1, 0.15) is 0 Å². The molecule has 0 spiro atoms. The molecule has 2 atom stereocenters. The van der Waals surface area contributed by atoms with Crippen LogP contribution in [0.1, 0.15) is 25.5 Å². The molecule has 0 aliphatic rings. The van der Waals surface area contributed by atoms with Gasteiger partial charge in [-0.05, 0) is 20.0 Å². The fourth-order valence-corrected chi connectivity index (χ4v) is 1.44. The lowest BCUT2D eigenvalue weighted by Gasteiger charge is -2.25. The van der Waals surface area contributed by atoms with Crippen molar-refractivity contribution < 1.29 is 14.3 Å². The van der Waals surface area contributed by atoms with Crippen molar-refractivity contribution in [2.24, 2.45) is 5.92 Å². The summed E-state index contributed by atoms with van der Waals surface area (Å²) in [6.07, 6.45) is 3.31. The fraction of sp³-hybridized carbons (Fsp3) is 0.545. The molecule has 1 rings (SSSR count). The number of hydrogen-bond donors (Lipinski definition) is 1. The lowest BCUT2D eigenvalue weighted by atomic mass is 10.1. The van der Waals surface area contributed by atoms with E-state index in [1.54, 1.807) is 19.5 Å². The summed E-state index contributed by atoms with van der Waals surface area (Å²) < 4.78 is 5.00. The highest BCUT2D eigenvalue weighted by Crippen LogP contribution is 2.19. The van der Waals surface area contributed by atoms with Crippen molar-refractivity contribution in [1.82, 2.24) is 4.90 Å². The van der Waals surface area contributed by atoms with E-state index in [0.29, 0.717) is 6.54 Å². The van der Waals surface area contributed by atoms with Crippen molar-refractivity contribution in [2.75, 3.05) is 13.6 Å². The van der Waals surface area contributed by atoms with Crippen LogP contribution in [0, 0.1) is 5.92 Å². The maximum atomic E-state index is 10.7. The highest BCUT2D eigenvalue weighted by molar-refractivity contribution is 5.69. The summed E-state index contributed by atoms with van der Waals surface area (Å²) in [7, 11) is 1.91. The van der Waals surface area contributed by atoms with E-state index in [-0.39, 0.29) is 12.0 Å². The minimum Gasteiger partial charge on any atom is -0.481 e. The molecule has 0 saturated heterocycles. The van der Waals surface area contributed by atoms with Gasteiger partial charge in [-0.3, -0.25) is 9.69 Å². The third-order valence-corrected chi connectivity index (χ3v) is 2.67. The van der Waals surface area contributed by atoms with Crippen LogP contribution in [-0.4, -0.2) is 29.6 Å². The molecule has 4 heteroatoms. The van der Waals surface area contributed by atoms with Gasteiger partial charge in [0.2, 0.25) is 0 Å². The minimum atomic E-state index is -0.763. The van der Waals surface area contributed by atoms with Crippen LogP contribution in [0.4, 0.5) is 0 Å². The lowest BCUT2D eigenvalue weighted by Crippen LogP contribution is -2.30. The summed E-state index contributed by atoms with van der Waals surface area (Å²) in [6, 6.07) is 2.07. The first-order chi connectivity index (χ1) is 7.02. The van der Waals surface area contributed by atoms with E-state index in [9.17, 15) is 4.79 Å². The van der Waals surface area contributed by atoms with Crippen LogP contribution in [0.3, 0.4) is 0 Å². The molecule has 0 radical (unpaired) electrons. The molecule has 1 aromatic heterocycles. The van der Waals surface area contributed by atoms with Crippen LogP contribution in [0.25, 0.3) is 0 Å². The summed E-state index contributed by atoms with van der Waals surface area (Å²) in [6.45, 7) is 4.27. The number of furan rings is 1. The Labute approximate surface area is 89.5 Å². The molecule has 4 nitrogen and oxygen atoms in total. The van der Waals surface area contributed by atoms with Crippen molar-refractivity contribution in [3.05, 3.63) is 24.2 Å². The maximum Gasteiger partial charge on any atom is 0.307 e. The highest BCUT2D eigenvalue weighted by Gasteiger charge is 2.18. The van der Waals surface area contributed by atoms with Gasteiger partial charge in [0.25, 0.3) is 0 Å². The van der Waals surface area contributed by atoms with Crippen LogP contribution in [0.15, 0.2) is 23.0 Å². The average molecular weight is 211 g/mol. The van der Waals surface area contributed by atoms with Gasteiger partial charge in [-0.15, -0.1) is 0 Å². The summed E-state index contributed by atoms with van der Waals surface area (Å²) in [5.74, 6) is -1.12. The third kappa shape index (κ3) is 3.09. The van der Waals surface area contributed by atoms with E-state index >= 15 is 0 Å². The third-order valence-electron chi connectivity index (χ3n) is 2.67. The van der Waals surface area contributed by atoms with Gasteiger partial charge in [-0.2, -0.15) is 0 Å². The first-order valence-corrected chi connectivity index (χ1v) is 4.97. The summed E-state index contributed by atoms with van der Waals surface area (Å²) in [5, 5.41) is 8.80. The van der Waals surface area contributed by atoms with Gasteiger partial charge >= 0.3 is 5.97 Å². The van der Waals surface area contributed by atoms with Gasteiger partial charge in [0.05, 0.1) is 18.4 Å². The summed E-state index contributed by atoms with van der Waals surface area (Å²) in [4.78, 5) is 12.7. The van der Waals surface area contributed by atoms with Crippen molar-refractivity contribution in [1.29, 1.82) is 0 Å². The van der Waals surface area contributed by atoms with Gasteiger partial charge in [0.15, 0.2) is 0 Å². The van der Waals surface area contributed by atoms with Crippen molar-refractivity contribution in [3.63, 3.8) is 0 Å². The van der Waals surface area contributed by atoms with E-state index < -0.39 is 5.97 Å². The van der Waals surface area contributed by atoms with Gasteiger partial charge in [-0.1, -0.05) is 6.92 Å². The molecule has 1 heterocycles. The Morgan fingerprint density at radius 2 is 2.27 bits per heavy atom. The molecule has 0 aromatic carbocycles. The molecule has 1 aromatic rings. The summed E-state index contributed by atoms with van der Waals surface area (Å²) >= 11 is 0. The van der Waals surface area contributed by atoms with E-state index in [1.165, 1.54) is 0 Å². The first-order valence-electron chi connectivity index (χ1n) is 4.97. The number of carboxylic acids is 1. The maximum absolute atomic E-state index is 10.7. The van der Waals surface area contributed by atoms with Crippen molar-refractivity contribution in [3.8, 4) is 0 Å². The Morgan fingerprint density at radius 3 is 2.73 bits per heavy atom. The monoisotopic (exact) mass is 211 g/mol. The molecule has 15 heavy (non-hydrogen) atoms.